The quantitative estimate of drug-likeness (QED) is 0.599. The molecule has 17 heavy (non-hydrogen) atoms. The number of benzene rings is 1. The molecule has 92 valence electrons. The number of unbranched alkanes of at least 4 members (excludes halogenated alkanes) is 1. The topological polar surface area (TPSA) is 43.1 Å². The van der Waals surface area contributed by atoms with Crippen molar-refractivity contribution in [1.82, 2.24) is 0 Å². The average Bonchev–Trinajstić information content (AvgIpc) is 2.38. The Balaban J connectivity index is 2.91. The van der Waals surface area contributed by atoms with Gasteiger partial charge in [0, 0.05) is 16.8 Å². The monoisotopic (exact) mass is 231 g/mol. The molecule has 2 nitrogen and oxygen atoms in total. The van der Waals surface area contributed by atoms with Crippen LogP contribution in [0.15, 0.2) is 41.6 Å². The standard InChI is InChI=1S/C15H21NO/c1-3-5-11-14(16)13(4-2)15(17)12-9-7-6-8-10-12/h6-10H,3-5,11,16H2,1-2H3/b14-13-. The van der Waals surface area contributed by atoms with Crippen LogP contribution in [0.1, 0.15) is 49.9 Å². The van der Waals surface area contributed by atoms with Crippen LogP contribution in [0, 0.1) is 0 Å². The van der Waals surface area contributed by atoms with Gasteiger partial charge in [-0.25, -0.2) is 0 Å². The maximum Gasteiger partial charge on any atom is 0.190 e. The number of hydrogen-bond donors (Lipinski definition) is 1. The molecule has 0 radical (unpaired) electrons. The molecule has 1 aromatic rings. The van der Waals surface area contributed by atoms with E-state index in [0.29, 0.717) is 6.42 Å². The van der Waals surface area contributed by atoms with Crippen LogP contribution in [0.5, 0.6) is 0 Å². The van der Waals surface area contributed by atoms with Crippen LogP contribution in [-0.4, -0.2) is 5.78 Å². The number of rotatable bonds is 6. The molecule has 0 fully saturated rings. The fourth-order valence-electron chi connectivity index (χ4n) is 1.82. The Hall–Kier alpha value is -1.57. The minimum atomic E-state index is 0.0710. The van der Waals surface area contributed by atoms with Gasteiger partial charge in [-0.3, -0.25) is 4.79 Å². The summed E-state index contributed by atoms with van der Waals surface area (Å²) in [6, 6.07) is 9.34. The highest BCUT2D eigenvalue weighted by atomic mass is 16.1. The molecular formula is C15H21NO. The molecule has 0 saturated heterocycles. The zero-order valence-corrected chi connectivity index (χ0v) is 10.7. The number of Topliss-reactive ketones (excluding diaryl/α,β-unsaturated/α-hetero) is 1. The highest BCUT2D eigenvalue weighted by molar-refractivity contribution is 6.09. The van der Waals surface area contributed by atoms with Crippen molar-refractivity contribution in [2.75, 3.05) is 0 Å². The third-order valence-electron chi connectivity index (χ3n) is 2.85. The van der Waals surface area contributed by atoms with Crippen molar-refractivity contribution in [1.29, 1.82) is 0 Å². The second-order valence-electron chi connectivity index (χ2n) is 4.16. The molecule has 0 bridgehead atoms. The van der Waals surface area contributed by atoms with Gasteiger partial charge in [-0.1, -0.05) is 50.6 Å². The van der Waals surface area contributed by atoms with E-state index in [0.717, 1.165) is 36.1 Å². The predicted molar refractivity (Wildman–Crippen MR) is 71.8 cm³/mol. The minimum absolute atomic E-state index is 0.0710. The van der Waals surface area contributed by atoms with E-state index in [2.05, 4.69) is 6.92 Å². The smallest absolute Gasteiger partial charge is 0.190 e. The Labute approximate surface area is 104 Å². The largest absolute Gasteiger partial charge is 0.402 e. The Bertz CT molecular complexity index is 393. The molecule has 1 rings (SSSR count). The summed E-state index contributed by atoms with van der Waals surface area (Å²) in [5.41, 5.74) is 8.26. The van der Waals surface area contributed by atoms with Crippen LogP contribution in [-0.2, 0) is 0 Å². The summed E-state index contributed by atoms with van der Waals surface area (Å²) in [5, 5.41) is 0. The minimum Gasteiger partial charge on any atom is -0.402 e. The lowest BCUT2D eigenvalue weighted by Gasteiger charge is -2.09. The van der Waals surface area contributed by atoms with E-state index in [9.17, 15) is 4.79 Å². The summed E-state index contributed by atoms with van der Waals surface area (Å²) >= 11 is 0. The molecule has 0 aromatic heterocycles. The van der Waals surface area contributed by atoms with Gasteiger partial charge in [-0.05, 0) is 19.3 Å². The summed E-state index contributed by atoms with van der Waals surface area (Å²) in [6.45, 7) is 4.10. The fraction of sp³-hybridized carbons (Fsp3) is 0.400. The Morgan fingerprint density at radius 2 is 1.82 bits per heavy atom. The number of allylic oxidation sites excluding steroid dienone is 2. The van der Waals surface area contributed by atoms with Crippen LogP contribution < -0.4 is 5.73 Å². The lowest BCUT2D eigenvalue weighted by molar-refractivity contribution is 0.103. The molecule has 0 amide bonds. The van der Waals surface area contributed by atoms with E-state index in [4.69, 9.17) is 5.73 Å². The van der Waals surface area contributed by atoms with E-state index >= 15 is 0 Å². The molecule has 0 unspecified atom stereocenters. The van der Waals surface area contributed by atoms with Gasteiger partial charge in [0.1, 0.15) is 0 Å². The zero-order chi connectivity index (χ0) is 12.7. The SMILES string of the molecule is CCCC/C(N)=C(\CC)C(=O)c1ccccc1. The van der Waals surface area contributed by atoms with E-state index in [1.54, 1.807) is 0 Å². The van der Waals surface area contributed by atoms with Crippen molar-refractivity contribution in [2.24, 2.45) is 5.73 Å². The van der Waals surface area contributed by atoms with E-state index in [1.165, 1.54) is 0 Å². The van der Waals surface area contributed by atoms with Gasteiger partial charge in [-0.2, -0.15) is 0 Å². The van der Waals surface area contributed by atoms with E-state index < -0.39 is 0 Å². The van der Waals surface area contributed by atoms with Crippen molar-refractivity contribution in [2.45, 2.75) is 39.5 Å². The Kier molecular flexibility index (Phi) is 5.47. The molecular weight excluding hydrogens is 210 g/mol. The Morgan fingerprint density at radius 3 is 2.35 bits per heavy atom. The maximum atomic E-state index is 12.2. The van der Waals surface area contributed by atoms with Gasteiger partial charge in [0.05, 0.1) is 0 Å². The second-order valence-corrected chi connectivity index (χ2v) is 4.16. The van der Waals surface area contributed by atoms with Crippen molar-refractivity contribution >= 4 is 5.78 Å². The number of nitrogens with two attached hydrogens (primary N) is 1. The van der Waals surface area contributed by atoms with Crippen LogP contribution in [0.3, 0.4) is 0 Å². The number of hydrogen-bond acceptors (Lipinski definition) is 2. The highest BCUT2D eigenvalue weighted by Crippen LogP contribution is 2.16. The second kappa shape index (κ2) is 6.89. The molecule has 0 atom stereocenters. The first-order valence-electron chi connectivity index (χ1n) is 6.27. The molecule has 2 N–H and O–H groups in total. The maximum absolute atomic E-state index is 12.2. The van der Waals surface area contributed by atoms with Gasteiger partial charge in [0.15, 0.2) is 5.78 Å². The van der Waals surface area contributed by atoms with E-state index in [1.807, 2.05) is 37.3 Å². The molecule has 0 aliphatic carbocycles. The number of ketones is 1. The highest BCUT2D eigenvalue weighted by Gasteiger charge is 2.13. The molecule has 0 saturated carbocycles. The van der Waals surface area contributed by atoms with Gasteiger partial charge in [0.2, 0.25) is 0 Å². The van der Waals surface area contributed by atoms with Crippen molar-refractivity contribution in [3.05, 3.63) is 47.2 Å². The van der Waals surface area contributed by atoms with Crippen LogP contribution in [0.2, 0.25) is 0 Å². The van der Waals surface area contributed by atoms with Gasteiger partial charge in [-0.15, -0.1) is 0 Å². The summed E-state index contributed by atoms with van der Waals surface area (Å²) in [7, 11) is 0. The number of carbonyl (C=O) groups is 1. The van der Waals surface area contributed by atoms with Crippen molar-refractivity contribution in [3.8, 4) is 0 Å². The summed E-state index contributed by atoms with van der Waals surface area (Å²) < 4.78 is 0. The first-order chi connectivity index (χ1) is 8.20. The molecule has 1 aromatic carbocycles. The molecule has 0 aliphatic rings. The zero-order valence-electron chi connectivity index (χ0n) is 10.7. The lowest BCUT2D eigenvalue weighted by atomic mass is 9.98. The molecule has 0 heterocycles. The van der Waals surface area contributed by atoms with Crippen LogP contribution in [0.4, 0.5) is 0 Å². The average molecular weight is 231 g/mol. The van der Waals surface area contributed by atoms with Crippen LogP contribution >= 0.6 is 0 Å². The van der Waals surface area contributed by atoms with Crippen molar-refractivity contribution in [3.63, 3.8) is 0 Å². The van der Waals surface area contributed by atoms with Gasteiger partial charge in [0.25, 0.3) is 0 Å². The summed E-state index contributed by atoms with van der Waals surface area (Å²) in [4.78, 5) is 12.2. The van der Waals surface area contributed by atoms with Gasteiger partial charge < -0.3 is 5.73 Å². The third kappa shape index (κ3) is 3.74. The summed E-state index contributed by atoms with van der Waals surface area (Å²) in [6.07, 6.45) is 3.65. The molecule has 0 aliphatic heterocycles. The van der Waals surface area contributed by atoms with E-state index in [-0.39, 0.29) is 5.78 Å². The lowest BCUT2D eigenvalue weighted by Crippen LogP contribution is -2.11. The normalized spacial score (nSPS) is 12.1. The first-order valence-corrected chi connectivity index (χ1v) is 6.27. The predicted octanol–water partition coefficient (Wildman–Crippen LogP) is 3.68. The van der Waals surface area contributed by atoms with Gasteiger partial charge >= 0.3 is 0 Å². The molecule has 2 heteroatoms. The fourth-order valence-corrected chi connectivity index (χ4v) is 1.82. The summed E-state index contributed by atoms with van der Waals surface area (Å²) in [5.74, 6) is 0.0710. The van der Waals surface area contributed by atoms with Crippen molar-refractivity contribution < 1.29 is 4.79 Å². The first kappa shape index (κ1) is 13.5. The Morgan fingerprint density at radius 1 is 1.18 bits per heavy atom. The molecule has 0 spiro atoms. The van der Waals surface area contributed by atoms with Crippen LogP contribution in [0.25, 0.3) is 0 Å². The number of carbonyl (C=O) groups excluding carboxylic acids is 1. The third-order valence-corrected chi connectivity index (χ3v) is 2.85.